The molecule has 1 unspecified atom stereocenters. The van der Waals surface area contributed by atoms with E-state index in [-0.39, 0.29) is 0 Å². The highest BCUT2D eigenvalue weighted by Gasteiger charge is 2.24. The minimum Gasteiger partial charge on any atom is -0.445 e. The smallest absolute Gasteiger partial charge is 0.199 e. The minimum absolute atomic E-state index is 0.528. The predicted octanol–water partition coefficient (Wildman–Crippen LogP) is 1.63. The number of hydrogen-bond acceptors (Lipinski definition) is 3. The number of aryl methyl sites for hydroxylation is 2. The molecule has 0 saturated carbocycles. The molecule has 1 saturated heterocycles. The second-order valence-electron chi connectivity index (χ2n) is 4.32. The summed E-state index contributed by atoms with van der Waals surface area (Å²) in [7, 11) is 0. The molecular formula is C11H16N2O. The Morgan fingerprint density at radius 3 is 3.00 bits per heavy atom. The molecule has 1 fully saturated rings. The normalized spacial score (nSPS) is 26.4. The highest BCUT2D eigenvalue weighted by atomic mass is 16.4. The van der Waals surface area contributed by atoms with E-state index in [1.54, 1.807) is 0 Å². The van der Waals surface area contributed by atoms with Gasteiger partial charge in [0.15, 0.2) is 5.89 Å². The van der Waals surface area contributed by atoms with E-state index in [4.69, 9.17) is 4.42 Å². The van der Waals surface area contributed by atoms with Crippen LogP contribution in [0.3, 0.4) is 0 Å². The van der Waals surface area contributed by atoms with Crippen LogP contribution in [0.2, 0.25) is 0 Å². The van der Waals surface area contributed by atoms with Crippen LogP contribution in [0.1, 0.15) is 42.5 Å². The summed E-state index contributed by atoms with van der Waals surface area (Å²) in [4.78, 5) is 4.63. The molecule has 3 rings (SSSR count). The summed E-state index contributed by atoms with van der Waals surface area (Å²) >= 11 is 0. The van der Waals surface area contributed by atoms with Gasteiger partial charge in [-0.05, 0) is 32.2 Å². The van der Waals surface area contributed by atoms with Gasteiger partial charge in [-0.3, -0.25) is 0 Å². The van der Waals surface area contributed by atoms with Gasteiger partial charge in [0.2, 0.25) is 0 Å². The van der Waals surface area contributed by atoms with Gasteiger partial charge in [0.25, 0.3) is 0 Å². The molecule has 1 aliphatic heterocycles. The van der Waals surface area contributed by atoms with E-state index in [2.05, 4.69) is 10.3 Å². The van der Waals surface area contributed by atoms with Gasteiger partial charge in [-0.2, -0.15) is 0 Å². The maximum atomic E-state index is 5.84. The van der Waals surface area contributed by atoms with Gasteiger partial charge in [0.1, 0.15) is 5.76 Å². The number of nitrogens with one attached hydrogen (secondary N) is 1. The highest BCUT2D eigenvalue weighted by Crippen LogP contribution is 2.27. The third-order valence-corrected chi connectivity index (χ3v) is 3.27. The molecule has 2 heterocycles. The molecule has 3 nitrogen and oxygen atoms in total. The van der Waals surface area contributed by atoms with Crippen molar-refractivity contribution < 1.29 is 4.42 Å². The first-order chi connectivity index (χ1) is 6.93. The Hall–Kier alpha value is -0.830. The second-order valence-corrected chi connectivity index (χ2v) is 4.32. The van der Waals surface area contributed by atoms with Gasteiger partial charge in [0, 0.05) is 18.9 Å². The van der Waals surface area contributed by atoms with E-state index in [1.165, 1.54) is 25.0 Å². The van der Waals surface area contributed by atoms with Crippen LogP contribution in [0.25, 0.3) is 0 Å². The standard InChI is InChI=1S/C11H16N2O/c1-2-4-10-9(3-1)13-11(14-10)8-5-6-12-7-8/h8,12H,1-7H2. The molecule has 0 bridgehead atoms. The summed E-state index contributed by atoms with van der Waals surface area (Å²) in [6.45, 7) is 2.15. The monoisotopic (exact) mass is 192 g/mol. The van der Waals surface area contributed by atoms with E-state index in [9.17, 15) is 0 Å². The molecule has 1 N–H and O–H groups in total. The maximum absolute atomic E-state index is 5.84. The molecule has 1 aromatic heterocycles. The van der Waals surface area contributed by atoms with Gasteiger partial charge in [-0.1, -0.05) is 0 Å². The summed E-state index contributed by atoms with van der Waals surface area (Å²) in [6.07, 6.45) is 5.95. The minimum atomic E-state index is 0.528. The quantitative estimate of drug-likeness (QED) is 0.735. The summed E-state index contributed by atoms with van der Waals surface area (Å²) < 4.78 is 5.84. The van der Waals surface area contributed by atoms with Gasteiger partial charge >= 0.3 is 0 Å². The Kier molecular flexibility index (Phi) is 2.05. The molecule has 14 heavy (non-hydrogen) atoms. The Morgan fingerprint density at radius 2 is 2.21 bits per heavy atom. The van der Waals surface area contributed by atoms with Crippen molar-refractivity contribution in [3.63, 3.8) is 0 Å². The van der Waals surface area contributed by atoms with Crippen LogP contribution in [0.4, 0.5) is 0 Å². The van der Waals surface area contributed by atoms with Crippen molar-refractivity contribution in [3.05, 3.63) is 17.3 Å². The Labute approximate surface area is 83.9 Å². The van der Waals surface area contributed by atoms with Crippen molar-refractivity contribution in [3.8, 4) is 0 Å². The lowest BCUT2D eigenvalue weighted by Gasteiger charge is -2.05. The molecule has 0 spiro atoms. The Balaban J connectivity index is 1.87. The maximum Gasteiger partial charge on any atom is 0.199 e. The summed E-state index contributed by atoms with van der Waals surface area (Å²) in [5, 5.41) is 3.35. The van der Waals surface area contributed by atoms with Crippen LogP contribution in [0.5, 0.6) is 0 Å². The van der Waals surface area contributed by atoms with Crippen LogP contribution >= 0.6 is 0 Å². The lowest BCUT2D eigenvalue weighted by Crippen LogP contribution is -2.08. The molecule has 2 aliphatic rings. The third-order valence-electron chi connectivity index (χ3n) is 3.27. The van der Waals surface area contributed by atoms with E-state index in [0.717, 1.165) is 37.6 Å². The lowest BCUT2D eigenvalue weighted by atomic mass is 10.0. The van der Waals surface area contributed by atoms with Gasteiger partial charge in [0.05, 0.1) is 5.69 Å². The van der Waals surface area contributed by atoms with E-state index in [0.29, 0.717) is 5.92 Å². The molecule has 0 aromatic carbocycles. The van der Waals surface area contributed by atoms with Crippen molar-refractivity contribution in [2.75, 3.05) is 13.1 Å². The Morgan fingerprint density at radius 1 is 1.29 bits per heavy atom. The van der Waals surface area contributed by atoms with E-state index in [1.807, 2.05) is 0 Å². The zero-order valence-electron chi connectivity index (χ0n) is 8.38. The van der Waals surface area contributed by atoms with Crippen LogP contribution < -0.4 is 5.32 Å². The van der Waals surface area contributed by atoms with E-state index >= 15 is 0 Å². The molecule has 3 heteroatoms. The number of aromatic nitrogens is 1. The molecule has 0 radical (unpaired) electrons. The molecule has 0 amide bonds. The van der Waals surface area contributed by atoms with E-state index < -0.39 is 0 Å². The zero-order valence-corrected chi connectivity index (χ0v) is 8.38. The number of oxazole rings is 1. The number of rotatable bonds is 1. The molecule has 1 aromatic rings. The average molecular weight is 192 g/mol. The summed E-state index contributed by atoms with van der Waals surface area (Å²) in [6, 6.07) is 0. The first kappa shape index (κ1) is 8.48. The van der Waals surface area contributed by atoms with Crippen LogP contribution in [0.15, 0.2) is 4.42 Å². The molecule has 1 aliphatic carbocycles. The number of fused-ring (bicyclic) bond motifs is 1. The second kappa shape index (κ2) is 3.39. The fraction of sp³-hybridized carbons (Fsp3) is 0.727. The average Bonchev–Trinajstić information content (AvgIpc) is 2.86. The zero-order chi connectivity index (χ0) is 9.38. The fourth-order valence-corrected chi connectivity index (χ4v) is 2.41. The summed E-state index contributed by atoms with van der Waals surface area (Å²) in [5.41, 5.74) is 1.23. The van der Waals surface area contributed by atoms with Gasteiger partial charge in [-0.15, -0.1) is 0 Å². The lowest BCUT2D eigenvalue weighted by molar-refractivity contribution is 0.415. The SMILES string of the molecule is C1CCc2oc(C3CCNC3)nc2C1. The topological polar surface area (TPSA) is 38.1 Å². The first-order valence-corrected chi connectivity index (χ1v) is 5.62. The predicted molar refractivity (Wildman–Crippen MR) is 53.4 cm³/mol. The molecular weight excluding hydrogens is 176 g/mol. The van der Waals surface area contributed by atoms with Crippen molar-refractivity contribution >= 4 is 0 Å². The fourth-order valence-electron chi connectivity index (χ4n) is 2.41. The molecule has 1 atom stereocenters. The van der Waals surface area contributed by atoms with Crippen molar-refractivity contribution in [2.45, 2.75) is 38.0 Å². The number of hydrogen-bond donors (Lipinski definition) is 1. The van der Waals surface area contributed by atoms with Crippen LogP contribution in [-0.4, -0.2) is 18.1 Å². The van der Waals surface area contributed by atoms with Crippen molar-refractivity contribution in [2.24, 2.45) is 0 Å². The van der Waals surface area contributed by atoms with Gasteiger partial charge < -0.3 is 9.73 Å². The first-order valence-electron chi connectivity index (χ1n) is 5.62. The Bertz CT molecular complexity index is 303. The van der Waals surface area contributed by atoms with Crippen LogP contribution in [-0.2, 0) is 12.8 Å². The third kappa shape index (κ3) is 1.36. The largest absolute Gasteiger partial charge is 0.445 e. The van der Waals surface area contributed by atoms with Crippen LogP contribution in [0, 0.1) is 0 Å². The van der Waals surface area contributed by atoms with Crippen molar-refractivity contribution in [1.29, 1.82) is 0 Å². The van der Waals surface area contributed by atoms with Gasteiger partial charge in [-0.25, -0.2) is 4.98 Å². The number of nitrogens with zero attached hydrogens (tertiary/aromatic N) is 1. The summed E-state index contributed by atoms with van der Waals surface area (Å²) in [5.74, 6) is 2.68. The van der Waals surface area contributed by atoms with Crippen molar-refractivity contribution in [1.82, 2.24) is 10.3 Å². The highest BCUT2D eigenvalue weighted by molar-refractivity contribution is 5.15. The molecule has 76 valence electrons.